The second-order valence-electron chi connectivity index (χ2n) is 7.10. The van der Waals surface area contributed by atoms with E-state index in [4.69, 9.17) is 11.6 Å². The molecule has 31 heavy (non-hydrogen) atoms. The Morgan fingerprint density at radius 2 is 2.03 bits per heavy atom. The molecule has 3 aromatic rings. The van der Waals surface area contributed by atoms with Gasteiger partial charge in [-0.25, -0.2) is 14.4 Å². The summed E-state index contributed by atoms with van der Waals surface area (Å²) < 4.78 is 14.8. The van der Waals surface area contributed by atoms with Gasteiger partial charge in [0.05, 0.1) is 29.7 Å². The average Bonchev–Trinajstić information content (AvgIpc) is 3.23. The van der Waals surface area contributed by atoms with Gasteiger partial charge in [-0.3, -0.25) is 9.78 Å². The predicted molar refractivity (Wildman–Crippen MR) is 116 cm³/mol. The lowest BCUT2D eigenvalue weighted by molar-refractivity contribution is -0.528. The molecule has 9 heteroatoms. The van der Waals surface area contributed by atoms with Crippen LogP contribution in [0.2, 0.25) is 5.02 Å². The number of aromatic nitrogens is 3. The number of carbonyl (C=O) groups is 1. The number of pyridine rings is 1. The second-order valence-corrected chi connectivity index (χ2v) is 7.54. The van der Waals surface area contributed by atoms with Gasteiger partial charge in [-0.05, 0) is 48.4 Å². The molecule has 156 valence electrons. The van der Waals surface area contributed by atoms with Gasteiger partial charge in [0.15, 0.2) is 18.6 Å². The number of halogens is 2. The molecule has 1 unspecified atom stereocenters. The van der Waals surface area contributed by atoms with E-state index >= 15 is 0 Å². The normalized spacial score (nSPS) is 16.1. The van der Waals surface area contributed by atoms with Crippen molar-refractivity contribution in [3.63, 3.8) is 0 Å². The summed E-state index contributed by atoms with van der Waals surface area (Å²) in [5.74, 6) is -0.354. The largest absolute Gasteiger partial charge is 0.343 e. The van der Waals surface area contributed by atoms with Crippen LogP contribution >= 0.6 is 11.6 Å². The summed E-state index contributed by atoms with van der Waals surface area (Å²) in [6.45, 7) is 2.34. The molecule has 0 saturated carbocycles. The Kier molecular flexibility index (Phi) is 6.08. The Morgan fingerprint density at radius 3 is 2.77 bits per heavy atom. The molecule has 0 saturated heterocycles. The fourth-order valence-electron chi connectivity index (χ4n) is 3.23. The topological polar surface area (TPSA) is 83.1 Å². The van der Waals surface area contributed by atoms with Gasteiger partial charge in [0.2, 0.25) is 0 Å². The Balaban J connectivity index is 1.45. The lowest BCUT2D eigenvalue weighted by Gasteiger charge is -2.13. The van der Waals surface area contributed by atoms with Crippen molar-refractivity contribution in [2.75, 3.05) is 6.54 Å². The van der Waals surface area contributed by atoms with Crippen molar-refractivity contribution in [1.82, 2.24) is 20.3 Å². The maximum absolute atomic E-state index is 13.1. The van der Waals surface area contributed by atoms with Crippen LogP contribution in [0.25, 0.3) is 11.4 Å². The Labute approximate surface area is 183 Å². The van der Waals surface area contributed by atoms with Crippen molar-refractivity contribution in [3.05, 3.63) is 77.1 Å². The molecule has 0 spiro atoms. The maximum atomic E-state index is 13.1. The average molecular weight is 438 g/mol. The maximum Gasteiger partial charge on any atom is 0.252 e. The van der Waals surface area contributed by atoms with E-state index in [1.165, 1.54) is 12.3 Å². The number of nitrogens with one attached hydrogen (secondary N) is 1. The number of hydrazone groups is 1. The summed E-state index contributed by atoms with van der Waals surface area (Å²) in [7, 11) is 0. The standard InChI is InChI=1S/C22H18ClFN6O/c1-14(12-30-13-15(10-28-30)20-6-4-17(24)11-27-20)29-22(31)19-9-16(23)3-5-18(19)21-25-7-2-8-26-21/h2-11,13-15H,12H2,1H3/p+1/t14-,15?/m0/s1. The van der Waals surface area contributed by atoms with E-state index in [1.54, 1.807) is 53.6 Å². The molecule has 1 N–H and O–H groups in total. The molecular formula is C22H19ClFN6O+. The highest BCUT2D eigenvalue weighted by Gasteiger charge is 2.24. The van der Waals surface area contributed by atoms with Crippen molar-refractivity contribution in [2.24, 2.45) is 5.10 Å². The van der Waals surface area contributed by atoms with Crippen LogP contribution in [0.15, 0.2) is 60.1 Å². The van der Waals surface area contributed by atoms with Gasteiger partial charge in [0, 0.05) is 23.0 Å². The van der Waals surface area contributed by atoms with Crippen LogP contribution in [0, 0.1) is 5.82 Å². The number of carbonyl (C=O) groups excluding carboxylic acids is 1. The summed E-state index contributed by atoms with van der Waals surface area (Å²) in [6.07, 6.45) is 8.04. The van der Waals surface area contributed by atoms with Crippen LogP contribution in [0.4, 0.5) is 4.39 Å². The Hall–Kier alpha value is -3.52. The molecule has 2 aromatic heterocycles. The molecule has 1 aliphatic rings. The number of nitrogens with zero attached hydrogens (tertiary/aromatic N) is 5. The van der Waals surface area contributed by atoms with Crippen molar-refractivity contribution < 1.29 is 13.9 Å². The van der Waals surface area contributed by atoms with Gasteiger partial charge >= 0.3 is 0 Å². The minimum atomic E-state index is -0.381. The summed E-state index contributed by atoms with van der Waals surface area (Å²) in [5.41, 5.74) is 1.70. The number of amides is 1. The third kappa shape index (κ3) is 4.97. The van der Waals surface area contributed by atoms with Crippen molar-refractivity contribution in [3.8, 4) is 11.4 Å². The molecule has 2 atom stereocenters. The first-order valence-corrected chi connectivity index (χ1v) is 10.0. The number of hydrogen-bond acceptors (Lipinski definition) is 5. The Bertz CT molecular complexity index is 1150. The van der Waals surface area contributed by atoms with Crippen molar-refractivity contribution >= 4 is 29.9 Å². The lowest BCUT2D eigenvalue weighted by Crippen LogP contribution is -2.38. The minimum absolute atomic E-state index is 0.140. The van der Waals surface area contributed by atoms with Gasteiger partial charge in [-0.2, -0.15) is 0 Å². The Morgan fingerprint density at radius 1 is 1.23 bits per heavy atom. The van der Waals surface area contributed by atoms with Crippen molar-refractivity contribution in [1.29, 1.82) is 0 Å². The molecule has 0 aliphatic carbocycles. The highest BCUT2D eigenvalue weighted by molar-refractivity contribution is 6.31. The van der Waals surface area contributed by atoms with E-state index in [-0.39, 0.29) is 23.7 Å². The molecule has 4 rings (SSSR count). The summed E-state index contributed by atoms with van der Waals surface area (Å²) in [4.78, 5) is 25.5. The molecule has 7 nitrogen and oxygen atoms in total. The van der Waals surface area contributed by atoms with Crippen LogP contribution in [0.5, 0.6) is 0 Å². The third-order valence-corrected chi connectivity index (χ3v) is 4.91. The minimum Gasteiger partial charge on any atom is -0.343 e. The molecule has 1 aromatic carbocycles. The van der Waals surface area contributed by atoms with Gasteiger partial charge in [-0.1, -0.05) is 16.3 Å². The molecule has 3 heterocycles. The van der Waals surface area contributed by atoms with Crippen LogP contribution in [0.1, 0.15) is 28.9 Å². The van der Waals surface area contributed by atoms with E-state index in [0.717, 1.165) is 0 Å². The molecular weight excluding hydrogens is 419 g/mol. The van der Waals surface area contributed by atoms with Crippen LogP contribution in [0.3, 0.4) is 0 Å². The monoisotopic (exact) mass is 437 g/mol. The zero-order valence-electron chi connectivity index (χ0n) is 16.6. The lowest BCUT2D eigenvalue weighted by atomic mass is 10.1. The van der Waals surface area contributed by atoms with Gasteiger partial charge in [-0.15, -0.1) is 0 Å². The van der Waals surface area contributed by atoms with E-state index in [9.17, 15) is 9.18 Å². The van der Waals surface area contributed by atoms with Crippen molar-refractivity contribution in [2.45, 2.75) is 18.9 Å². The SMILES string of the molecule is C[C@@H](C[N+]1=CC(c2ccc(F)cn2)C=N1)NC(=O)c1cc(Cl)ccc1-c1ncccn1. The highest BCUT2D eigenvalue weighted by atomic mass is 35.5. The molecule has 1 aliphatic heterocycles. The second kappa shape index (κ2) is 9.09. The smallest absolute Gasteiger partial charge is 0.252 e. The van der Waals surface area contributed by atoms with E-state index in [2.05, 4.69) is 25.4 Å². The van der Waals surface area contributed by atoms with E-state index in [1.807, 2.05) is 13.1 Å². The molecule has 1 amide bonds. The molecule has 0 radical (unpaired) electrons. The first-order valence-electron chi connectivity index (χ1n) is 9.64. The quantitative estimate of drug-likeness (QED) is 0.600. The van der Waals surface area contributed by atoms with E-state index in [0.29, 0.717) is 34.2 Å². The number of hydrogen-bond donors (Lipinski definition) is 1. The number of benzene rings is 1. The van der Waals surface area contributed by atoms with E-state index < -0.39 is 0 Å². The predicted octanol–water partition coefficient (Wildman–Crippen LogP) is 3.32. The summed E-state index contributed by atoms with van der Waals surface area (Å²) in [5, 5.41) is 7.76. The van der Waals surface area contributed by atoms with Crippen LogP contribution < -0.4 is 5.32 Å². The third-order valence-electron chi connectivity index (χ3n) is 4.67. The van der Waals surface area contributed by atoms with Gasteiger partial charge in [0.25, 0.3) is 5.91 Å². The summed E-state index contributed by atoms with van der Waals surface area (Å²) >= 11 is 6.12. The zero-order valence-corrected chi connectivity index (χ0v) is 17.4. The zero-order chi connectivity index (χ0) is 21.8. The van der Waals surface area contributed by atoms with Gasteiger partial charge < -0.3 is 5.32 Å². The fraction of sp³-hybridized carbons (Fsp3) is 0.182. The van der Waals surface area contributed by atoms with Crippen LogP contribution in [-0.2, 0) is 0 Å². The fourth-order valence-corrected chi connectivity index (χ4v) is 3.40. The number of rotatable bonds is 6. The molecule has 0 fully saturated rings. The highest BCUT2D eigenvalue weighted by Crippen LogP contribution is 2.24. The van der Waals surface area contributed by atoms with Crippen LogP contribution in [-0.4, -0.2) is 50.6 Å². The van der Waals surface area contributed by atoms with Gasteiger partial charge in [0.1, 0.15) is 11.7 Å². The first-order chi connectivity index (χ1) is 15.0. The summed E-state index contributed by atoms with van der Waals surface area (Å²) in [6, 6.07) is 9.53. The molecule has 0 bridgehead atoms. The first kappa shape index (κ1) is 20.7.